The Hall–Kier alpha value is -1.96. The highest BCUT2D eigenvalue weighted by Gasteiger charge is 2.13. The quantitative estimate of drug-likeness (QED) is 0.518. The summed E-state index contributed by atoms with van der Waals surface area (Å²) in [6.45, 7) is 0.501. The fourth-order valence-corrected chi connectivity index (χ4v) is 2.99. The zero-order valence-electron chi connectivity index (χ0n) is 14.0. The zero-order chi connectivity index (χ0) is 18.7. The van der Waals surface area contributed by atoms with Crippen LogP contribution < -0.4 is 14.8 Å². The van der Waals surface area contributed by atoms with Crippen molar-refractivity contribution in [3.63, 3.8) is 0 Å². The molecule has 6 nitrogen and oxygen atoms in total. The smallest absolute Gasteiger partial charge is 0.337 e. The summed E-state index contributed by atoms with van der Waals surface area (Å²) in [5.74, 6) is 1.30. The van der Waals surface area contributed by atoms with Gasteiger partial charge in [0.05, 0.1) is 35.3 Å². The molecule has 0 aliphatic heterocycles. The first-order valence-corrected chi connectivity index (χ1v) is 9.08. The van der Waals surface area contributed by atoms with Crippen LogP contribution >= 0.6 is 39.1 Å². The lowest BCUT2D eigenvalue weighted by Crippen LogP contribution is -2.07. The van der Waals surface area contributed by atoms with E-state index in [1.165, 1.54) is 7.11 Å². The van der Waals surface area contributed by atoms with Gasteiger partial charge in [-0.15, -0.1) is 5.10 Å². The topological polar surface area (TPSA) is 61.2 Å². The Kier molecular flexibility index (Phi) is 5.90. The van der Waals surface area contributed by atoms with Crippen LogP contribution in [0.2, 0.25) is 10.0 Å². The number of anilines is 2. The number of hydrogen-bond acceptors (Lipinski definition) is 5. The molecule has 3 aromatic rings. The molecule has 1 heterocycles. The van der Waals surface area contributed by atoms with Gasteiger partial charge in [0.25, 0.3) is 0 Å². The Morgan fingerprint density at radius 2 is 1.73 bits per heavy atom. The van der Waals surface area contributed by atoms with Crippen LogP contribution in [-0.2, 0) is 6.54 Å². The van der Waals surface area contributed by atoms with Crippen LogP contribution in [0.5, 0.6) is 11.8 Å². The Labute approximate surface area is 169 Å². The van der Waals surface area contributed by atoms with Crippen LogP contribution in [0.15, 0.2) is 40.9 Å². The van der Waals surface area contributed by atoms with E-state index < -0.39 is 0 Å². The van der Waals surface area contributed by atoms with E-state index in [1.54, 1.807) is 23.9 Å². The third-order valence-electron chi connectivity index (χ3n) is 3.57. The van der Waals surface area contributed by atoms with Crippen molar-refractivity contribution >= 4 is 50.8 Å². The van der Waals surface area contributed by atoms with E-state index >= 15 is 0 Å². The summed E-state index contributed by atoms with van der Waals surface area (Å²) in [6, 6.07) is 11.5. The maximum atomic E-state index is 6.17. The highest BCUT2D eigenvalue weighted by Crippen LogP contribution is 2.34. The molecular formula is C17H15BrCl2N4O2. The summed E-state index contributed by atoms with van der Waals surface area (Å²) in [6.07, 6.45) is 0. The molecule has 0 unspecified atom stereocenters. The number of nitrogens with zero attached hydrogens (tertiary/aromatic N) is 3. The Balaban J connectivity index is 1.88. The van der Waals surface area contributed by atoms with Gasteiger partial charge in [0.2, 0.25) is 5.95 Å². The minimum absolute atomic E-state index is 0.260. The van der Waals surface area contributed by atoms with Crippen molar-refractivity contribution in [1.29, 1.82) is 0 Å². The second-order valence-electron chi connectivity index (χ2n) is 5.31. The molecule has 1 N–H and O–H groups in total. The third-order valence-corrected chi connectivity index (χ3v) is 5.47. The normalized spacial score (nSPS) is 10.7. The molecule has 0 radical (unpaired) electrons. The molecule has 0 atom stereocenters. The molecule has 3 rings (SSSR count). The maximum absolute atomic E-state index is 6.17. The van der Waals surface area contributed by atoms with Gasteiger partial charge in [-0.1, -0.05) is 35.3 Å². The summed E-state index contributed by atoms with van der Waals surface area (Å²) in [4.78, 5) is 4.33. The summed E-state index contributed by atoms with van der Waals surface area (Å²) in [5, 5.41) is 8.50. The Morgan fingerprint density at radius 3 is 2.31 bits per heavy atom. The van der Waals surface area contributed by atoms with Gasteiger partial charge in [-0.05, 0) is 45.8 Å². The molecule has 26 heavy (non-hydrogen) atoms. The number of aromatic nitrogens is 3. The standard InChI is InChI=1S/C17H15BrCl2N4O2/c1-25-12-5-3-10(4-6-12)9-24-16(22-17(23-24)26-2)21-11-7-13(19)15(18)14(20)8-11/h3-8H,9H2,1-2H3,(H,21,22,23). The first-order chi connectivity index (χ1) is 12.5. The van der Waals surface area contributed by atoms with Crippen molar-refractivity contribution in [3.8, 4) is 11.8 Å². The minimum atomic E-state index is 0.260. The van der Waals surface area contributed by atoms with Crippen LogP contribution in [-0.4, -0.2) is 29.0 Å². The first kappa shape index (κ1) is 18.8. The predicted octanol–water partition coefficient (Wildman–Crippen LogP) is 5.16. The Bertz CT molecular complexity index is 893. The molecule has 2 aromatic carbocycles. The second kappa shape index (κ2) is 8.16. The van der Waals surface area contributed by atoms with Crippen molar-refractivity contribution in [3.05, 3.63) is 56.5 Å². The number of ether oxygens (including phenoxy) is 2. The van der Waals surface area contributed by atoms with E-state index in [0.717, 1.165) is 11.3 Å². The first-order valence-electron chi connectivity index (χ1n) is 7.53. The van der Waals surface area contributed by atoms with Crippen molar-refractivity contribution in [2.45, 2.75) is 6.54 Å². The van der Waals surface area contributed by atoms with Crippen molar-refractivity contribution in [2.24, 2.45) is 0 Å². The molecule has 0 spiro atoms. The van der Waals surface area contributed by atoms with E-state index in [-0.39, 0.29) is 6.01 Å². The van der Waals surface area contributed by atoms with Crippen molar-refractivity contribution < 1.29 is 9.47 Å². The van der Waals surface area contributed by atoms with Gasteiger partial charge >= 0.3 is 6.01 Å². The monoisotopic (exact) mass is 456 g/mol. The number of rotatable bonds is 6. The highest BCUT2D eigenvalue weighted by molar-refractivity contribution is 9.10. The lowest BCUT2D eigenvalue weighted by Gasteiger charge is -2.10. The summed E-state index contributed by atoms with van der Waals surface area (Å²) >= 11 is 15.7. The summed E-state index contributed by atoms with van der Waals surface area (Å²) < 4.78 is 12.7. The minimum Gasteiger partial charge on any atom is -0.497 e. The van der Waals surface area contributed by atoms with Crippen LogP contribution in [0.25, 0.3) is 0 Å². The molecule has 0 saturated heterocycles. The molecule has 0 aliphatic rings. The molecule has 1 aromatic heterocycles. The molecule has 0 bridgehead atoms. The number of nitrogens with one attached hydrogen (secondary N) is 1. The molecule has 9 heteroatoms. The fraction of sp³-hybridized carbons (Fsp3) is 0.176. The molecule has 0 aliphatic carbocycles. The number of hydrogen-bond donors (Lipinski definition) is 1. The molecular weight excluding hydrogens is 443 g/mol. The van der Waals surface area contributed by atoms with Crippen LogP contribution in [0, 0.1) is 0 Å². The second-order valence-corrected chi connectivity index (χ2v) is 6.91. The maximum Gasteiger partial charge on any atom is 0.337 e. The number of methoxy groups -OCH3 is 2. The highest BCUT2D eigenvalue weighted by atomic mass is 79.9. The zero-order valence-corrected chi connectivity index (χ0v) is 17.1. The van der Waals surface area contributed by atoms with E-state index in [2.05, 4.69) is 31.3 Å². The van der Waals surface area contributed by atoms with Crippen LogP contribution in [0.1, 0.15) is 5.56 Å². The number of halogens is 3. The van der Waals surface area contributed by atoms with E-state index in [1.807, 2.05) is 24.3 Å². The van der Waals surface area contributed by atoms with Crippen molar-refractivity contribution in [1.82, 2.24) is 14.8 Å². The largest absolute Gasteiger partial charge is 0.497 e. The summed E-state index contributed by atoms with van der Waals surface area (Å²) in [5.41, 5.74) is 1.72. The van der Waals surface area contributed by atoms with E-state index in [0.29, 0.717) is 32.7 Å². The van der Waals surface area contributed by atoms with Gasteiger partial charge < -0.3 is 14.8 Å². The fourth-order valence-electron chi connectivity index (χ4n) is 2.27. The van der Waals surface area contributed by atoms with Gasteiger partial charge in [0, 0.05) is 5.69 Å². The van der Waals surface area contributed by atoms with Gasteiger partial charge in [0.15, 0.2) is 0 Å². The SMILES string of the molecule is COc1ccc(Cn2nc(OC)nc2Nc2cc(Cl)c(Br)c(Cl)c2)cc1. The molecule has 136 valence electrons. The molecule has 0 fully saturated rings. The number of benzene rings is 2. The van der Waals surface area contributed by atoms with E-state index in [4.69, 9.17) is 32.7 Å². The van der Waals surface area contributed by atoms with Crippen molar-refractivity contribution in [2.75, 3.05) is 19.5 Å². The van der Waals surface area contributed by atoms with Gasteiger partial charge in [-0.2, -0.15) is 4.98 Å². The van der Waals surface area contributed by atoms with Gasteiger partial charge in [0.1, 0.15) is 5.75 Å². The lowest BCUT2D eigenvalue weighted by atomic mass is 10.2. The van der Waals surface area contributed by atoms with Crippen LogP contribution in [0.3, 0.4) is 0 Å². The van der Waals surface area contributed by atoms with E-state index in [9.17, 15) is 0 Å². The lowest BCUT2D eigenvalue weighted by molar-refractivity contribution is 0.377. The third kappa shape index (κ3) is 4.23. The Morgan fingerprint density at radius 1 is 1.08 bits per heavy atom. The summed E-state index contributed by atoms with van der Waals surface area (Å²) in [7, 11) is 3.15. The average molecular weight is 458 g/mol. The van der Waals surface area contributed by atoms with Crippen LogP contribution in [0.4, 0.5) is 11.6 Å². The van der Waals surface area contributed by atoms with Gasteiger partial charge in [-0.25, -0.2) is 4.68 Å². The average Bonchev–Trinajstić information content (AvgIpc) is 3.02. The van der Waals surface area contributed by atoms with Gasteiger partial charge in [-0.3, -0.25) is 0 Å². The predicted molar refractivity (Wildman–Crippen MR) is 106 cm³/mol. The molecule has 0 saturated carbocycles. The molecule has 0 amide bonds.